The van der Waals surface area contributed by atoms with Crippen LogP contribution in [0.5, 0.6) is 5.88 Å². The van der Waals surface area contributed by atoms with Crippen molar-refractivity contribution < 1.29 is 22.4 Å². The van der Waals surface area contributed by atoms with Gasteiger partial charge in [-0.2, -0.15) is 0 Å². The molecule has 1 saturated heterocycles. The van der Waals surface area contributed by atoms with Crippen molar-refractivity contribution in [3.8, 4) is 5.88 Å². The van der Waals surface area contributed by atoms with Crippen molar-refractivity contribution in [2.75, 3.05) is 6.61 Å². The van der Waals surface area contributed by atoms with Crippen LogP contribution < -0.4 is 9.15 Å². The molecule has 4 atom stereocenters. The van der Waals surface area contributed by atoms with Crippen LogP contribution in [0.15, 0.2) is 6.33 Å². The molecule has 0 aromatic carbocycles. The van der Waals surface area contributed by atoms with Crippen molar-refractivity contribution in [2.45, 2.75) is 109 Å². The topological polar surface area (TPSA) is 89.8 Å². The molecule has 0 N–H and O–H groups in total. The fraction of sp³-hybridized carbons (Fsp3) is 0.783. The van der Waals surface area contributed by atoms with Crippen molar-refractivity contribution in [1.82, 2.24) is 19.5 Å². The van der Waals surface area contributed by atoms with Crippen molar-refractivity contribution in [3.63, 3.8) is 0 Å². The van der Waals surface area contributed by atoms with Crippen LogP contribution in [0.1, 0.15) is 6.23 Å². The number of nitrogens with zero attached hydrogens (tertiary/aromatic N) is 4. The van der Waals surface area contributed by atoms with E-state index in [9.17, 15) is 0 Å². The summed E-state index contributed by atoms with van der Waals surface area (Å²) in [6, 6.07) is 0. The van der Waals surface area contributed by atoms with Crippen LogP contribution in [-0.2, 0) is 18.0 Å². The Morgan fingerprint density at radius 3 is 1.95 bits per heavy atom. The van der Waals surface area contributed by atoms with Crippen LogP contribution >= 0.6 is 0 Å². The van der Waals surface area contributed by atoms with E-state index in [-0.39, 0.29) is 33.3 Å². The molecular weight excluding hydrogens is 604 g/mol. The predicted molar refractivity (Wildman–Crippen MR) is 160 cm³/mol. The molecule has 1 aliphatic heterocycles. The molecule has 0 aliphatic carbocycles. The Labute approximate surface area is 233 Å². The molecule has 37 heavy (non-hydrogen) atoms. The summed E-state index contributed by atoms with van der Waals surface area (Å²) in [6.07, 6.45) is 0.337. The fourth-order valence-corrected chi connectivity index (χ4v) is 8.83. The second kappa shape index (κ2) is 11.2. The Balaban J connectivity index is 2.16. The first-order valence-electron chi connectivity index (χ1n) is 12.9. The zero-order chi connectivity index (χ0) is 28.0. The molecule has 3 rings (SSSR count). The summed E-state index contributed by atoms with van der Waals surface area (Å²) in [5.41, 5.74) is 1.40. The molecule has 2 aromatic heterocycles. The number of rotatable bonds is 11. The van der Waals surface area contributed by atoms with Gasteiger partial charge in [0.05, 0.1) is 0 Å². The molecule has 0 radical (unpaired) electrons. The van der Waals surface area contributed by atoms with Gasteiger partial charge in [-0.1, -0.05) is 0 Å². The van der Waals surface area contributed by atoms with Gasteiger partial charge in [0.1, 0.15) is 0 Å². The first kappa shape index (κ1) is 31.1. The zero-order valence-corrected chi connectivity index (χ0v) is 30.5. The summed E-state index contributed by atoms with van der Waals surface area (Å²) in [4.78, 5) is 14.1. The van der Waals surface area contributed by atoms with Crippen LogP contribution in [0.4, 0.5) is 0 Å². The first-order chi connectivity index (χ1) is 16.8. The van der Waals surface area contributed by atoms with E-state index >= 15 is 0 Å². The molecule has 0 spiro atoms. The van der Waals surface area contributed by atoms with Gasteiger partial charge in [-0.25, -0.2) is 0 Å². The molecule has 3 heterocycles. The number of fused-ring (bicyclic) bond motifs is 1. The van der Waals surface area contributed by atoms with Gasteiger partial charge >= 0.3 is 234 Å². The molecule has 210 valence electrons. The molecule has 1 fully saturated rings. The van der Waals surface area contributed by atoms with Gasteiger partial charge in [0.15, 0.2) is 0 Å². The number of ether oxygens (including phenoxy) is 1. The standard InChI is InChI=1S/C23H46N4O5SeSi4/c1-33-23-26-17-20(24-15-25-21(17)32-37(11,12)13)27(23)22-19(31-36(8,9)10)18(30-35(5,6)7)16(29-22)14-28-34(2,3)4/h15-16,18-19,22H,14H2,1-13H3/t16-,18-,19-,22-/m1/s1. The summed E-state index contributed by atoms with van der Waals surface area (Å²) in [7, 11) is -7.58. The molecule has 0 amide bonds. The van der Waals surface area contributed by atoms with Crippen LogP contribution in [0.2, 0.25) is 84.4 Å². The van der Waals surface area contributed by atoms with Crippen molar-refractivity contribution in [3.05, 3.63) is 6.33 Å². The van der Waals surface area contributed by atoms with Crippen LogP contribution in [0.3, 0.4) is 0 Å². The monoisotopic (exact) mass is 650 g/mol. The Bertz CT molecular complexity index is 1080. The quantitative estimate of drug-likeness (QED) is 0.327. The minimum absolute atomic E-state index is 0.0756. The molecule has 0 bridgehead atoms. The average molecular weight is 650 g/mol. The minimum atomic E-state index is -1.98. The molecule has 2 aromatic rings. The molecule has 1 aliphatic rings. The second-order valence-electron chi connectivity index (χ2n) is 13.4. The third-order valence-corrected chi connectivity index (χ3v) is 10.4. The summed E-state index contributed by atoms with van der Waals surface area (Å²) in [5, 5.41) is 0. The third-order valence-electron chi connectivity index (χ3n) is 5.20. The SMILES string of the molecule is C[Se]c1nc2c(O[Si](C)(C)C)ncnc2n1[C@@H]1O[C@H](CO[Si](C)(C)C)[C@@H](O[Si](C)(C)C)[C@H]1O[Si](C)(C)C. The van der Waals surface area contributed by atoms with Crippen LogP contribution in [0, 0.1) is 0 Å². The van der Waals surface area contributed by atoms with E-state index in [4.69, 9.17) is 27.4 Å². The summed E-state index contributed by atoms with van der Waals surface area (Å²) in [5.74, 6) is 2.70. The van der Waals surface area contributed by atoms with Crippen molar-refractivity contribution >= 4 is 64.1 Å². The Hall–Kier alpha value is -0.423. The molecule has 14 heteroatoms. The van der Waals surface area contributed by atoms with Crippen LogP contribution in [-0.4, -0.2) is 92.7 Å². The van der Waals surface area contributed by atoms with Gasteiger partial charge in [0, 0.05) is 0 Å². The fourth-order valence-electron chi connectivity index (χ4n) is 4.07. The maximum absolute atomic E-state index is 6.87. The van der Waals surface area contributed by atoms with Gasteiger partial charge in [-0.15, -0.1) is 0 Å². The molecular formula is C23H46N4O5SeSi4. The first-order valence-corrected chi connectivity index (χ1v) is 29.1. The Kier molecular flexibility index (Phi) is 9.43. The van der Waals surface area contributed by atoms with Gasteiger partial charge in [0.25, 0.3) is 0 Å². The number of hydrogen-bond donors (Lipinski definition) is 0. The van der Waals surface area contributed by atoms with E-state index in [0.29, 0.717) is 18.0 Å². The van der Waals surface area contributed by atoms with E-state index in [0.717, 1.165) is 10.4 Å². The molecule has 0 saturated carbocycles. The number of hydrogen-bond acceptors (Lipinski definition) is 8. The average Bonchev–Trinajstić information content (AvgIpc) is 3.21. The predicted octanol–water partition coefficient (Wildman–Crippen LogP) is 4.61. The van der Waals surface area contributed by atoms with Gasteiger partial charge < -0.3 is 0 Å². The molecule has 9 nitrogen and oxygen atoms in total. The second-order valence-corrected chi connectivity index (χ2v) is 32.9. The summed E-state index contributed by atoms with van der Waals surface area (Å²) < 4.78 is 36.2. The van der Waals surface area contributed by atoms with E-state index in [1.807, 2.05) is 0 Å². The number of aromatic nitrogens is 4. The van der Waals surface area contributed by atoms with E-state index in [2.05, 4.69) is 98.9 Å². The van der Waals surface area contributed by atoms with E-state index in [1.165, 1.54) is 0 Å². The number of imidazole rings is 1. The normalized spacial score (nSPS) is 23.7. The van der Waals surface area contributed by atoms with Crippen molar-refractivity contribution in [1.29, 1.82) is 0 Å². The summed E-state index contributed by atoms with van der Waals surface area (Å²) >= 11 is 0.0756. The van der Waals surface area contributed by atoms with Gasteiger partial charge in [-0.05, 0) is 0 Å². The van der Waals surface area contributed by atoms with Crippen molar-refractivity contribution in [2.24, 2.45) is 0 Å². The van der Waals surface area contributed by atoms with E-state index in [1.54, 1.807) is 6.33 Å². The van der Waals surface area contributed by atoms with E-state index < -0.39 is 39.5 Å². The zero-order valence-electron chi connectivity index (χ0n) is 24.8. The Morgan fingerprint density at radius 2 is 1.43 bits per heavy atom. The summed E-state index contributed by atoms with van der Waals surface area (Å²) in [6.45, 7) is 26.7. The Morgan fingerprint density at radius 1 is 0.838 bits per heavy atom. The maximum atomic E-state index is 6.87. The molecule has 0 unspecified atom stereocenters. The van der Waals surface area contributed by atoms with Gasteiger partial charge in [-0.3, -0.25) is 0 Å². The van der Waals surface area contributed by atoms with Crippen LogP contribution in [0.25, 0.3) is 11.2 Å². The van der Waals surface area contributed by atoms with Gasteiger partial charge in [0.2, 0.25) is 0 Å². The third kappa shape index (κ3) is 8.53.